The van der Waals surface area contributed by atoms with Gasteiger partial charge in [-0.1, -0.05) is 15.9 Å². The first kappa shape index (κ1) is 20.8. The van der Waals surface area contributed by atoms with Crippen molar-refractivity contribution in [2.75, 3.05) is 0 Å². The number of hydrazone groups is 1. The molecule has 1 amide bonds. The van der Waals surface area contributed by atoms with Crippen LogP contribution in [-0.2, 0) is 7.05 Å². The molecular formula is C25H32BrN5O. The average Bonchev–Trinajstić information content (AvgIpc) is 3.50. The van der Waals surface area contributed by atoms with Crippen molar-refractivity contribution in [3.63, 3.8) is 0 Å². The summed E-state index contributed by atoms with van der Waals surface area (Å²) in [6, 6.07) is 1.96. The van der Waals surface area contributed by atoms with E-state index in [1.165, 1.54) is 38.5 Å². The highest BCUT2D eigenvalue weighted by atomic mass is 79.9. The van der Waals surface area contributed by atoms with Gasteiger partial charge in [0.15, 0.2) is 5.65 Å². The van der Waals surface area contributed by atoms with Gasteiger partial charge in [-0.25, -0.2) is 10.4 Å². The molecule has 170 valence electrons. The van der Waals surface area contributed by atoms with Crippen LogP contribution < -0.4 is 5.43 Å². The molecule has 2 aromatic rings. The van der Waals surface area contributed by atoms with E-state index in [-0.39, 0.29) is 5.91 Å². The predicted octanol–water partition coefficient (Wildman–Crippen LogP) is 5.38. The number of aryl methyl sites for hydroxylation is 2. The molecule has 0 radical (unpaired) electrons. The number of hydrogen-bond donors (Lipinski definition) is 1. The average molecular weight is 498 g/mol. The molecule has 0 saturated heterocycles. The molecule has 4 atom stereocenters. The normalized spacial score (nSPS) is 33.8. The minimum Gasteiger partial charge on any atom is -0.267 e. The summed E-state index contributed by atoms with van der Waals surface area (Å²) in [6.07, 6.45) is 11.3. The number of amides is 1. The Balaban J connectivity index is 1.23. The van der Waals surface area contributed by atoms with Crippen molar-refractivity contribution in [2.24, 2.45) is 29.4 Å². The van der Waals surface area contributed by atoms with Crippen molar-refractivity contribution in [3.05, 3.63) is 23.0 Å². The lowest BCUT2D eigenvalue weighted by molar-refractivity contribution is -0.0303. The van der Waals surface area contributed by atoms with Gasteiger partial charge in [0, 0.05) is 28.7 Å². The molecule has 1 N–H and O–H groups in total. The van der Waals surface area contributed by atoms with Crippen molar-refractivity contribution in [1.82, 2.24) is 20.2 Å². The van der Waals surface area contributed by atoms with E-state index in [2.05, 4.69) is 38.5 Å². The molecule has 4 bridgehead atoms. The SMILES string of the molecule is C/C(CC12C[C@@H]3C[C@@H](CC(Br)(C3)C1)C2)=N\NC(=O)c1cc(C2CC2)nc2c1c(C)nn2C. The number of carbonyl (C=O) groups is 1. The summed E-state index contributed by atoms with van der Waals surface area (Å²) in [5, 5.41) is 9.94. The second-order valence-corrected chi connectivity index (χ2v) is 13.0. The van der Waals surface area contributed by atoms with E-state index in [9.17, 15) is 4.79 Å². The summed E-state index contributed by atoms with van der Waals surface area (Å²) in [6.45, 7) is 4.02. The summed E-state index contributed by atoms with van der Waals surface area (Å²) in [7, 11) is 1.89. The zero-order valence-corrected chi connectivity index (χ0v) is 20.8. The van der Waals surface area contributed by atoms with E-state index < -0.39 is 0 Å². The van der Waals surface area contributed by atoms with Crippen molar-refractivity contribution in [2.45, 2.75) is 81.9 Å². The van der Waals surface area contributed by atoms with Gasteiger partial charge < -0.3 is 0 Å². The van der Waals surface area contributed by atoms with E-state index in [4.69, 9.17) is 4.98 Å². The van der Waals surface area contributed by atoms with E-state index in [0.29, 0.717) is 21.2 Å². The maximum Gasteiger partial charge on any atom is 0.272 e. The molecule has 0 aromatic carbocycles. The van der Waals surface area contributed by atoms with Gasteiger partial charge in [-0.15, -0.1) is 0 Å². The van der Waals surface area contributed by atoms with Crippen LogP contribution in [0.5, 0.6) is 0 Å². The van der Waals surface area contributed by atoms with Gasteiger partial charge in [0.1, 0.15) is 0 Å². The van der Waals surface area contributed by atoms with Gasteiger partial charge in [-0.3, -0.25) is 9.48 Å². The Labute approximate surface area is 197 Å². The molecule has 6 nitrogen and oxygen atoms in total. The van der Waals surface area contributed by atoms with Crippen LogP contribution in [0.1, 0.15) is 92.4 Å². The zero-order chi connectivity index (χ0) is 22.3. The maximum atomic E-state index is 13.2. The largest absolute Gasteiger partial charge is 0.272 e. The third-order valence-electron chi connectivity index (χ3n) is 8.32. The molecular weight excluding hydrogens is 466 g/mol. The van der Waals surface area contributed by atoms with Crippen LogP contribution in [0.15, 0.2) is 11.2 Å². The van der Waals surface area contributed by atoms with Gasteiger partial charge in [0.05, 0.1) is 16.6 Å². The number of halogens is 1. The van der Waals surface area contributed by atoms with Crippen LogP contribution in [0.25, 0.3) is 11.0 Å². The summed E-state index contributed by atoms with van der Waals surface area (Å²) < 4.78 is 2.13. The second-order valence-electron chi connectivity index (χ2n) is 11.4. The molecule has 0 spiro atoms. The number of alkyl halides is 1. The number of aromatic nitrogens is 3. The molecule has 5 aliphatic rings. The summed E-state index contributed by atoms with van der Waals surface area (Å²) in [5.41, 5.74) is 7.54. The first-order valence-electron chi connectivity index (χ1n) is 12.1. The molecule has 7 heteroatoms. The smallest absolute Gasteiger partial charge is 0.267 e. The highest BCUT2D eigenvalue weighted by Crippen LogP contribution is 2.65. The Hall–Kier alpha value is -1.76. The minimum atomic E-state index is -0.155. The number of rotatable bonds is 5. The number of nitrogens with one attached hydrogen (secondary N) is 1. The van der Waals surface area contributed by atoms with E-state index in [1.807, 2.05) is 20.0 Å². The summed E-state index contributed by atoms with van der Waals surface area (Å²) >= 11 is 4.11. The van der Waals surface area contributed by atoms with Crippen molar-refractivity contribution in [1.29, 1.82) is 0 Å². The molecule has 0 aliphatic heterocycles. The molecule has 2 unspecified atom stereocenters. The zero-order valence-electron chi connectivity index (χ0n) is 19.2. The van der Waals surface area contributed by atoms with E-state index in [1.54, 1.807) is 4.68 Å². The van der Waals surface area contributed by atoms with Crippen molar-refractivity contribution < 1.29 is 4.79 Å². The Morgan fingerprint density at radius 2 is 2.00 bits per heavy atom. The maximum absolute atomic E-state index is 13.2. The fourth-order valence-corrected chi connectivity index (χ4v) is 9.07. The summed E-state index contributed by atoms with van der Waals surface area (Å²) in [5.74, 6) is 2.03. The fraction of sp³-hybridized carbons (Fsp3) is 0.680. The Bertz CT molecular complexity index is 1130. The molecule has 2 heterocycles. The second kappa shape index (κ2) is 7.12. The Morgan fingerprint density at radius 1 is 1.28 bits per heavy atom. The van der Waals surface area contributed by atoms with Gasteiger partial charge >= 0.3 is 0 Å². The quantitative estimate of drug-likeness (QED) is 0.342. The number of hydrogen-bond acceptors (Lipinski definition) is 4. The van der Waals surface area contributed by atoms with Crippen LogP contribution in [0.4, 0.5) is 0 Å². The standard InChI is InChI=1S/C25H32BrN5O/c1-14(8-24-9-16-6-17(10-24)12-25(26,11-16)13-24)28-29-23(32)19-7-20(18-4-5-18)27-22-21(19)15(2)30-31(22)3/h7,16-18H,4-6,8-13H2,1-3H3,(H,29,32)/b28-14+/t16-,17+,24?,25?. The van der Waals surface area contributed by atoms with Crippen LogP contribution >= 0.6 is 15.9 Å². The van der Waals surface area contributed by atoms with Gasteiger partial charge in [0.25, 0.3) is 5.91 Å². The Morgan fingerprint density at radius 3 is 2.66 bits per heavy atom. The highest BCUT2D eigenvalue weighted by Gasteiger charge is 2.56. The minimum absolute atomic E-state index is 0.155. The lowest BCUT2D eigenvalue weighted by atomic mass is 9.48. The third kappa shape index (κ3) is 3.51. The van der Waals surface area contributed by atoms with Crippen molar-refractivity contribution in [3.8, 4) is 0 Å². The monoisotopic (exact) mass is 497 g/mol. The lowest BCUT2D eigenvalue weighted by Crippen LogP contribution is -2.53. The van der Waals surface area contributed by atoms with Gasteiger partial charge in [0.2, 0.25) is 0 Å². The molecule has 5 aliphatic carbocycles. The van der Waals surface area contributed by atoms with Crippen LogP contribution in [0.3, 0.4) is 0 Å². The number of fused-ring (bicyclic) bond motifs is 1. The lowest BCUT2D eigenvalue weighted by Gasteiger charge is -2.60. The molecule has 32 heavy (non-hydrogen) atoms. The molecule has 5 fully saturated rings. The topological polar surface area (TPSA) is 72.2 Å². The van der Waals surface area contributed by atoms with Crippen molar-refractivity contribution >= 4 is 38.6 Å². The first-order chi connectivity index (χ1) is 15.2. The predicted molar refractivity (Wildman–Crippen MR) is 129 cm³/mol. The Kier molecular flexibility index (Phi) is 4.63. The highest BCUT2D eigenvalue weighted by molar-refractivity contribution is 9.10. The van der Waals surface area contributed by atoms with E-state index >= 15 is 0 Å². The van der Waals surface area contributed by atoms with Crippen LogP contribution in [0, 0.1) is 24.2 Å². The third-order valence-corrected chi connectivity index (χ3v) is 9.25. The van der Waals surface area contributed by atoms with Crippen LogP contribution in [-0.4, -0.2) is 30.7 Å². The van der Waals surface area contributed by atoms with E-state index in [0.717, 1.165) is 59.2 Å². The van der Waals surface area contributed by atoms with Gasteiger partial charge in [-0.05, 0) is 95.0 Å². The number of carbonyl (C=O) groups excluding carboxylic acids is 1. The van der Waals surface area contributed by atoms with Gasteiger partial charge in [-0.2, -0.15) is 10.2 Å². The molecule has 2 aromatic heterocycles. The van der Waals surface area contributed by atoms with Crippen LogP contribution in [0.2, 0.25) is 0 Å². The fourth-order valence-electron chi connectivity index (χ4n) is 7.56. The number of nitrogens with zero attached hydrogens (tertiary/aromatic N) is 4. The molecule has 5 saturated carbocycles. The number of pyridine rings is 1. The summed E-state index contributed by atoms with van der Waals surface area (Å²) in [4.78, 5) is 18.0. The first-order valence-corrected chi connectivity index (χ1v) is 12.9. The molecule has 7 rings (SSSR count).